The zero-order valence-electron chi connectivity index (χ0n) is 9.37. The first-order chi connectivity index (χ1) is 7.33. The first kappa shape index (κ1) is 9.41. The van der Waals surface area contributed by atoms with Crippen LogP contribution in [0.5, 0.6) is 0 Å². The smallest absolute Gasteiger partial charge is 0.00171 e. The zero-order chi connectivity index (χ0) is 10.3. The zero-order valence-corrected chi connectivity index (χ0v) is 9.37. The van der Waals surface area contributed by atoms with E-state index < -0.39 is 0 Å². The molecule has 1 aliphatic heterocycles. The molecular formula is C14H19N. The third-order valence-corrected chi connectivity index (χ3v) is 4.17. The van der Waals surface area contributed by atoms with Crippen molar-refractivity contribution in [3.05, 3.63) is 35.4 Å². The molecule has 0 radical (unpaired) electrons. The summed E-state index contributed by atoms with van der Waals surface area (Å²) in [5, 5.41) is 3.51. The second-order valence-corrected chi connectivity index (χ2v) is 5.26. The summed E-state index contributed by atoms with van der Waals surface area (Å²) in [5.74, 6) is 2.74. The van der Waals surface area contributed by atoms with E-state index in [1.54, 1.807) is 5.56 Å². The molecule has 2 fully saturated rings. The summed E-state index contributed by atoms with van der Waals surface area (Å²) >= 11 is 0. The van der Waals surface area contributed by atoms with Crippen molar-refractivity contribution in [3.63, 3.8) is 0 Å². The lowest BCUT2D eigenvalue weighted by atomic mass is 9.95. The van der Waals surface area contributed by atoms with Gasteiger partial charge in [-0.25, -0.2) is 0 Å². The minimum Gasteiger partial charge on any atom is -0.316 e. The van der Waals surface area contributed by atoms with Gasteiger partial charge in [0.1, 0.15) is 0 Å². The van der Waals surface area contributed by atoms with E-state index in [9.17, 15) is 0 Å². The van der Waals surface area contributed by atoms with Gasteiger partial charge >= 0.3 is 0 Å². The van der Waals surface area contributed by atoms with E-state index in [-0.39, 0.29) is 0 Å². The van der Waals surface area contributed by atoms with Crippen LogP contribution in [-0.2, 0) is 0 Å². The quantitative estimate of drug-likeness (QED) is 0.736. The van der Waals surface area contributed by atoms with Crippen molar-refractivity contribution in [1.29, 1.82) is 0 Å². The summed E-state index contributed by atoms with van der Waals surface area (Å²) < 4.78 is 0. The minimum atomic E-state index is 0.835. The van der Waals surface area contributed by atoms with Gasteiger partial charge in [-0.05, 0) is 56.2 Å². The van der Waals surface area contributed by atoms with Crippen LogP contribution >= 0.6 is 0 Å². The summed E-state index contributed by atoms with van der Waals surface area (Å²) in [6.07, 6.45) is 2.81. The Kier molecular flexibility index (Phi) is 2.28. The highest BCUT2D eigenvalue weighted by Crippen LogP contribution is 2.43. The van der Waals surface area contributed by atoms with Crippen molar-refractivity contribution >= 4 is 0 Å². The molecule has 1 saturated heterocycles. The van der Waals surface area contributed by atoms with E-state index in [1.807, 2.05) is 0 Å². The van der Waals surface area contributed by atoms with E-state index in [0.29, 0.717) is 0 Å². The van der Waals surface area contributed by atoms with E-state index >= 15 is 0 Å². The number of rotatable bonds is 1. The normalized spacial score (nSPS) is 34.3. The molecule has 1 heteroatoms. The minimum absolute atomic E-state index is 0.835. The lowest BCUT2D eigenvalue weighted by Crippen LogP contribution is -2.11. The van der Waals surface area contributed by atoms with Gasteiger partial charge in [-0.1, -0.05) is 29.8 Å². The Morgan fingerprint density at radius 2 is 1.87 bits per heavy atom. The highest BCUT2D eigenvalue weighted by molar-refractivity contribution is 5.26. The third kappa shape index (κ3) is 1.69. The van der Waals surface area contributed by atoms with Crippen molar-refractivity contribution in [1.82, 2.24) is 5.32 Å². The topological polar surface area (TPSA) is 12.0 Å². The van der Waals surface area contributed by atoms with E-state index in [1.165, 1.54) is 31.5 Å². The predicted molar refractivity (Wildman–Crippen MR) is 63.0 cm³/mol. The molecule has 0 bridgehead atoms. The molecule has 2 atom stereocenters. The molecule has 1 aliphatic carbocycles. The Bertz CT molecular complexity index is 346. The second kappa shape index (κ2) is 3.64. The summed E-state index contributed by atoms with van der Waals surface area (Å²) in [6.45, 7) is 4.71. The summed E-state index contributed by atoms with van der Waals surface area (Å²) in [7, 11) is 0. The van der Waals surface area contributed by atoms with Crippen LogP contribution in [0, 0.1) is 18.8 Å². The summed E-state index contributed by atoms with van der Waals surface area (Å²) in [4.78, 5) is 0. The average molecular weight is 201 g/mol. The van der Waals surface area contributed by atoms with Crippen LogP contribution in [0.2, 0.25) is 0 Å². The van der Waals surface area contributed by atoms with Crippen molar-refractivity contribution in [2.75, 3.05) is 13.1 Å². The largest absolute Gasteiger partial charge is 0.316 e. The van der Waals surface area contributed by atoms with Gasteiger partial charge in [0.25, 0.3) is 0 Å². The number of hydrogen-bond acceptors (Lipinski definition) is 1. The molecule has 80 valence electrons. The molecular weight excluding hydrogens is 182 g/mol. The van der Waals surface area contributed by atoms with Gasteiger partial charge in [0.05, 0.1) is 0 Å². The molecule has 0 spiro atoms. The fourth-order valence-corrected chi connectivity index (χ4v) is 3.36. The molecule has 3 rings (SSSR count). The molecule has 1 aromatic rings. The Labute approximate surface area is 91.9 Å². The molecule has 15 heavy (non-hydrogen) atoms. The maximum Gasteiger partial charge on any atom is -0.00171 e. The molecule has 0 aromatic heterocycles. The van der Waals surface area contributed by atoms with Gasteiger partial charge in [-0.2, -0.15) is 0 Å². The Morgan fingerprint density at radius 1 is 1.13 bits per heavy atom. The lowest BCUT2D eigenvalue weighted by molar-refractivity contribution is 0.494. The van der Waals surface area contributed by atoms with Gasteiger partial charge in [0.2, 0.25) is 0 Å². The van der Waals surface area contributed by atoms with Crippen molar-refractivity contribution in [2.45, 2.75) is 25.7 Å². The number of nitrogens with one attached hydrogen (secondary N) is 1. The highest BCUT2D eigenvalue weighted by atomic mass is 14.9. The molecule has 0 amide bonds. The fraction of sp³-hybridized carbons (Fsp3) is 0.571. The van der Waals surface area contributed by atoms with Crippen LogP contribution in [0.15, 0.2) is 24.3 Å². The van der Waals surface area contributed by atoms with Crippen molar-refractivity contribution in [2.24, 2.45) is 11.8 Å². The molecule has 1 N–H and O–H groups in total. The molecule has 1 heterocycles. The highest BCUT2D eigenvalue weighted by Gasteiger charge is 2.37. The van der Waals surface area contributed by atoms with Crippen LogP contribution in [-0.4, -0.2) is 13.1 Å². The Balaban J connectivity index is 1.79. The second-order valence-electron chi connectivity index (χ2n) is 5.26. The van der Waals surface area contributed by atoms with E-state index in [0.717, 1.165) is 17.8 Å². The molecule has 1 nitrogen and oxygen atoms in total. The van der Waals surface area contributed by atoms with Gasteiger partial charge in [0, 0.05) is 0 Å². The number of hydrogen-bond donors (Lipinski definition) is 1. The van der Waals surface area contributed by atoms with Gasteiger partial charge in [0.15, 0.2) is 0 Å². The van der Waals surface area contributed by atoms with Crippen molar-refractivity contribution in [3.8, 4) is 0 Å². The van der Waals surface area contributed by atoms with Crippen LogP contribution in [0.4, 0.5) is 0 Å². The monoisotopic (exact) mass is 201 g/mol. The Morgan fingerprint density at radius 3 is 2.53 bits per heavy atom. The molecule has 2 unspecified atom stereocenters. The number of benzene rings is 1. The lowest BCUT2D eigenvalue weighted by Gasteiger charge is -2.12. The molecule has 1 aromatic carbocycles. The van der Waals surface area contributed by atoms with E-state index in [4.69, 9.17) is 0 Å². The summed E-state index contributed by atoms with van der Waals surface area (Å²) in [5.41, 5.74) is 2.98. The van der Waals surface area contributed by atoms with Crippen LogP contribution in [0.25, 0.3) is 0 Å². The maximum absolute atomic E-state index is 3.51. The van der Waals surface area contributed by atoms with Gasteiger partial charge in [-0.3, -0.25) is 0 Å². The SMILES string of the molecule is Cc1cccc(C2CC3CNCC3C2)c1. The van der Waals surface area contributed by atoms with Gasteiger partial charge < -0.3 is 5.32 Å². The van der Waals surface area contributed by atoms with Crippen LogP contribution in [0.1, 0.15) is 29.9 Å². The number of aryl methyl sites for hydroxylation is 1. The Hall–Kier alpha value is -0.820. The maximum atomic E-state index is 3.51. The standard InChI is InChI=1S/C14H19N/c1-10-3-2-4-11(5-10)12-6-13-8-15-9-14(13)7-12/h2-5,12-15H,6-9H2,1H3. The van der Waals surface area contributed by atoms with Crippen LogP contribution in [0.3, 0.4) is 0 Å². The fourth-order valence-electron chi connectivity index (χ4n) is 3.36. The number of fused-ring (bicyclic) bond motifs is 1. The van der Waals surface area contributed by atoms with Crippen molar-refractivity contribution < 1.29 is 0 Å². The first-order valence-corrected chi connectivity index (χ1v) is 6.10. The van der Waals surface area contributed by atoms with Crippen LogP contribution < -0.4 is 5.32 Å². The van der Waals surface area contributed by atoms with E-state index in [2.05, 4.69) is 36.5 Å². The summed E-state index contributed by atoms with van der Waals surface area (Å²) in [6, 6.07) is 9.09. The molecule has 2 aliphatic rings. The average Bonchev–Trinajstić information content (AvgIpc) is 2.76. The predicted octanol–water partition coefficient (Wildman–Crippen LogP) is 2.71. The van der Waals surface area contributed by atoms with Gasteiger partial charge in [-0.15, -0.1) is 0 Å². The first-order valence-electron chi connectivity index (χ1n) is 6.10. The third-order valence-electron chi connectivity index (χ3n) is 4.17. The molecule has 1 saturated carbocycles.